The van der Waals surface area contributed by atoms with Crippen LogP contribution in [0.5, 0.6) is 0 Å². The lowest BCUT2D eigenvalue weighted by Gasteiger charge is -2.24. The molecule has 0 saturated carbocycles. The molecule has 1 atom stereocenters. The molecule has 1 aromatic heterocycles. The van der Waals surface area contributed by atoms with Gasteiger partial charge in [-0.3, -0.25) is 14.2 Å². The summed E-state index contributed by atoms with van der Waals surface area (Å²) < 4.78 is 1.52. The standard InChI is InChI=1S/C16H13ClN4O2S/c1-9-6-19-16-21(15(9)23)7-11(8-24-16)14(22)20-13-4-12(17)3-2-10(13)5-18/h2-4,6,11H,7-8H2,1H3,(H,20,22). The van der Waals surface area contributed by atoms with Gasteiger partial charge in [0.05, 0.1) is 17.2 Å². The summed E-state index contributed by atoms with van der Waals surface area (Å²) in [6.45, 7) is 1.96. The maximum atomic E-state index is 12.5. The van der Waals surface area contributed by atoms with Crippen molar-refractivity contribution in [3.8, 4) is 6.07 Å². The Hall–Kier alpha value is -2.30. The maximum absolute atomic E-state index is 12.5. The molecule has 0 fully saturated rings. The van der Waals surface area contributed by atoms with Crippen LogP contribution in [0.25, 0.3) is 0 Å². The number of benzene rings is 1. The van der Waals surface area contributed by atoms with Gasteiger partial charge in [-0.1, -0.05) is 23.4 Å². The number of nitrogens with one attached hydrogen (secondary N) is 1. The third kappa shape index (κ3) is 3.16. The highest BCUT2D eigenvalue weighted by Crippen LogP contribution is 2.27. The number of fused-ring (bicyclic) bond motifs is 1. The lowest BCUT2D eigenvalue weighted by Crippen LogP contribution is -2.37. The molecule has 1 aliphatic rings. The predicted octanol–water partition coefficient (Wildman–Crippen LogP) is 2.44. The van der Waals surface area contributed by atoms with Crippen LogP contribution in [0.1, 0.15) is 11.1 Å². The van der Waals surface area contributed by atoms with Crippen molar-refractivity contribution in [2.24, 2.45) is 5.92 Å². The number of aryl methyl sites for hydroxylation is 1. The summed E-state index contributed by atoms with van der Waals surface area (Å²) >= 11 is 7.30. The summed E-state index contributed by atoms with van der Waals surface area (Å²) in [5, 5.41) is 12.9. The molecule has 0 saturated heterocycles. The van der Waals surface area contributed by atoms with Crippen LogP contribution in [0.3, 0.4) is 0 Å². The lowest BCUT2D eigenvalue weighted by atomic mass is 10.1. The highest BCUT2D eigenvalue weighted by Gasteiger charge is 2.27. The van der Waals surface area contributed by atoms with E-state index in [1.54, 1.807) is 31.3 Å². The zero-order valence-electron chi connectivity index (χ0n) is 12.7. The largest absolute Gasteiger partial charge is 0.325 e. The van der Waals surface area contributed by atoms with E-state index in [-0.39, 0.29) is 18.0 Å². The highest BCUT2D eigenvalue weighted by molar-refractivity contribution is 7.99. The van der Waals surface area contributed by atoms with E-state index >= 15 is 0 Å². The minimum Gasteiger partial charge on any atom is -0.325 e. The van der Waals surface area contributed by atoms with Gasteiger partial charge in [0.2, 0.25) is 5.91 Å². The fourth-order valence-corrected chi connectivity index (χ4v) is 3.63. The van der Waals surface area contributed by atoms with Gasteiger partial charge in [0.1, 0.15) is 6.07 Å². The molecule has 1 aromatic carbocycles. The summed E-state index contributed by atoms with van der Waals surface area (Å²) in [5.41, 5.74) is 1.12. The normalized spacial score (nSPS) is 16.1. The number of aromatic nitrogens is 2. The van der Waals surface area contributed by atoms with E-state index in [4.69, 9.17) is 16.9 Å². The van der Waals surface area contributed by atoms with Crippen LogP contribution in [0.4, 0.5) is 5.69 Å². The van der Waals surface area contributed by atoms with Gasteiger partial charge < -0.3 is 5.32 Å². The number of amides is 1. The molecule has 6 nitrogen and oxygen atoms in total. The molecule has 1 unspecified atom stereocenters. The Morgan fingerprint density at radius 2 is 2.33 bits per heavy atom. The minimum absolute atomic E-state index is 0.134. The molecular weight excluding hydrogens is 348 g/mol. The molecule has 1 aliphatic heterocycles. The third-order valence-corrected chi connectivity index (χ3v) is 5.12. The summed E-state index contributed by atoms with van der Waals surface area (Å²) in [7, 11) is 0. The first-order valence-corrected chi connectivity index (χ1v) is 8.55. The number of anilines is 1. The molecule has 2 aromatic rings. The Balaban J connectivity index is 1.83. The molecule has 24 heavy (non-hydrogen) atoms. The van der Waals surface area contributed by atoms with Gasteiger partial charge in [0.25, 0.3) is 5.56 Å². The second-order valence-electron chi connectivity index (χ2n) is 5.44. The molecule has 0 radical (unpaired) electrons. The fraction of sp³-hybridized carbons (Fsp3) is 0.250. The van der Waals surface area contributed by atoms with Crippen molar-refractivity contribution in [2.45, 2.75) is 18.6 Å². The zero-order chi connectivity index (χ0) is 17.3. The summed E-state index contributed by atoms with van der Waals surface area (Å²) in [5.74, 6) is -0.126. The highest BCUT2D eigenvalue weighted by atomic mass is 35.5. The zero-order valence-corrected chi connectivity index (χ0v) is 14.3. The van der Waals surface area contributed by atoms with Crippen LogP contribution in [0.15, 0.2) is 34.3 Å². The quantitative estimate of drug-likeness (QED) is 0.831. The van der Waals surface area contributed by atoms with E-state index in [2.05, 4.69) is 10.3 Å². The van der Waals surface area contributed by atoms with Crippen molar-refractivity contribution in [1.29, 1.82) is 5.26 Å². The Morgan fingerprint density at radius 1 is 1.54 bits per heavy atom. The molecule has 0 aliphatic carbocycles. The average molecular weight is 361 g/mol. The first-order chi connectivity index (χ1) is 11.5. The first kappa shape index (κ1) is 16.6. The minimum atomic E-state index is -0.394. The second-order valence-corrected chi connectivity index (χ2v) is 6.86. The fourth-order valence-electron chi connectivity index (χ4n) is 2.41. The van der Waals surface area contributed by atoms with E-state index in [9.17, 15) is 9.59 Å². The molecule has 122 valence electrons. The van der Waals surface area contributed by atoms with Gasteiger partial charge in [0, 0.05) is 29.1 Å². The van der Waals surface area contributed by atoms with E-state index in [0.29, 0.717) is 32.7 Å². The number of halogens is 1. The van der Waals surface area contributed by atoms with Crippen molar-refractivity contribution in [2.75, 3.05) is 11.1 Å². The smallest absolute Gasteiger partial charge is 0.257 e. The molecule has 1 N–H and O–H groups in total. The van der Waals surface area contributed by atoms with Crippen molar-refractivity contribution in [3.63, 3.8) is 0 Å². The number of nitrogens with zero attached hydrogens (tertiary/aromatic N) is 3. The Morgan fingerprint density at radius 3 is 3.08 bits per heavy atom. The van der Waals surface area contributed by atoms with Gasteiger partial charge in [0.15, 0.2) is 5.16 Å². The lowest BCUT2D eigenvalue weighted by molar-refractivity contribution is -0.119. The molecule has 1 amide bonds. The first-order valence-electron chi connectivity index (χ1n) is 7.19. The number of carbonyl (C=O) groups is 1. The molecule has 0 spiro atoms. The monoisotopic (exact) mass is 360 g/mol. The SMILES string of the molecule is Cc1cnc2n(c1=O)CC(C(=O)Nc1cc(Cl)ccc1C#N)CS2. The molecule has 2 heterocycles. The maximum Gasteiger partial charge on any atom is 0.257 e. The average Bonchev–Trinajstić information content (AvgIpc) is 2.58. The Labute approximate surface area is 147 Å². The van der Waals surface area contributed by atoms with Crippen LogP contribution in [-0.4, -0.2) is 21.2 Å². The molecule has 8 heteroatoms. The number of hydrogen-bond acceptors (Lipinski definition) is 5. The van der Waals surface area contributed by atoms with Gasteiger partial charge in [-0.15, -0.1) is 0 Å². The van der Waals surface area contributed by atoms with E-state index in [1.165, 1.54) is 16.3 Å². The molecule has 0 bridgehead atoms. The molecular formula is C16H13ClN4O2S. The van der Waals surface area contributed by atoms with Crippen molar-refractivity contribution < 1.29 is 4.79 Å². The number of carbonyl (C=O) groups excluding carboxylic acids is 1. The summed E-state index contributed by atoms with van der Waals surface area (Å²) in [6, 6.07) is 6.71. The van der Waals surface area contributed by atoms with E-state index < -0.39 is 5.92 Å². The number of hydrogen-bond donors (Lipinski definition) is 1. The van der Waals surface area contributed by atoms with Gasteiger partial charge >= 0.3 is 0 Å². The van der Waals surface area contributed by atoms with Crippen LogP contribution in [0, 0.1) is 24.2 Å². The Kier molecular flexibility index (Phi) is 4.60. The van der Waals surface area contributed by atoms with Gasteiger partial charge in [-0.2, -0.15) is 5.26 Å². The van der Waals surface area contributed by atoms with Crippen molar-refractivity contribution >= 4 is 35.0 Å². The van der Waals surface area contributed by atoms with Crippen molar-refractivity contribution in [1.82, 2.24) is 9.55 Å². The van der Waals surface area contributed by atoms with Crippen LogP contribution < -0.4 is 10.9 Å². The number of thioether (sulfide) groups is 1. The van der Waals surface area contributed by atoms with E-state index in [1.807, 2.05) is 6.07 Å². The number of nitriles is 1. The Bertz CT molecular complexity index is 919. The van der Waals surface area contributed by atoms with Gasteiger partial charge in [-0.05, 0) is 25.1 Å². The van der Waals surface area contributed by atoms with Crippen LogP contribution in [-0.2, 0) is 11.3 Å². The van der Waals surface area contributed by atoms with Crippen LogP contribution in [0.2, 0.25) is 5.02 Å². The third-order valence-electron chi connectivity index (χ3n) is 3.73. The number of rotatable bonds is 2. The predicted molar refractivity (Wildman–Crippen MR) is 92.2 cm³/mol. The molecule has 3 rings (SSSR count). The van der Waals surface area contributed by atoms with Crippen molar-refractivity contribution in [3.05, 3.63) is 50.9 Å². The van der Waals surface area contributed by atoms with E-state index in [0.717, 1.165) is 0 Å². The second kappa shape index (κ2) is 6.67. The van der Waals surface area contributed by atoms with Crippen LogP contribution >= 0.6 is 23.4 Å². The summed E-state index contributed by atoms with van der Waals surface area (Å²) in [6.07, 6.45) is 1.55. The topological polar surface area (TPSA) is 87.8 Å². The van der Waals surface area contributed by atoms with Gasteiger partial charge in [-0.25, -0.2) is 4.98 Å². The summed E-state index contributed by atoms with van der Waals surface area (Å²) in [4.78, 5) is 29.0.